The molecule has 1 atom stereocenters. The van der Waals surface area contributed by atoms with E-state index in [1.165, 1.54) is 0 Å². The second-order valence-corrected chi connectivity index (χ2v) is 5.96. The van der Waals surface area contributed by atoms with Crippen LogP contribution in [0.25, 0.3) is 0 Å². The first kappa shape index (κ1) is 14.7. The van der Waals surface area contributed by atoms with Crippen molar-refractivity contribution in [1.29, 1.82) is 0 Å². The van der Waals surface area contributed by atoms with Gasteiger partial charge >= 0.3 is 0 Å². The molecule has 1 amide bonds. The Kier molecular flexibility index (Phi) is 6.20. The third-order valence-corrected chi connectivity index (χ3v) is 3.60. The maximum Gasteiger partial charge on any atom is 0.251 e. The molecule has 1 aromatic carbocycles. The average Bonchev–Trinajstić information content (AvgIpc) is 2.26. The van der Waals surface area contributed by atoms with Gasteiger partial charge in [-0.1, -0.05) is 38.8 Å². The van der Waals surface area contributed by atoms with E-state index in [4.69, 9.17) is 0 Å². The highest BCUT2D eigenvalue weighted by molar-refractivity contribution is 9.10. The number of halogens is 2. The van der Waals surface area contributed by atoms with E-state index in [1.807, 2.05) is 25.1 Å². The van der Waals surface area contributed by atoms with Gasteiger partial charge in [0.2, 0.25) is 0 Å². The molecule has 0 aliphatic carbocycles. The van der Waals surface area contributed by atoms with Crippen LogP contribution in [0.2, 0.25) is 0 Å². The number of benzene rings is 1. The lowest BCUT2D eigenvalue weighted by Crippen LogP contribution is -2.28. The van der Waals surface area contributed by atoms with Gasteiger partial charge in [-0.25, -0.2) is 0 Å². The molecule has 0 aromatic heterocycles. The summed E-state index contributed by atoms with van der Waals surface area (Å²) in [5.41, 5.74) is 1.74. The summed E-state index contributed by atoms with van der Waals surface area (Å²) in [6.45, 7) is 4.80. The summed E-state index contributed by atoms with van der Waals surface area (Å²) in [5.74, 6) is 0.505. The van der Waals surface area contributed by atoms with Crippen molar-refractivity contribution < 1.29 is 4.79 Å². The molecule has 0 aliphatic rings. The van der Waals surface area contributed by atoms with Crippen LogP contribution in [0.15, 0.2) is 22.7 Å². The summed E-state index contributed by atoms with van der Waals surface area (Å²) >= 11 is 6.79. The Morgan fingerprint density at radius 3 is 2.76 bits per heavy atom. The van der Waals surface area contributed by atoms with Crippen LogP contribution in [-0.2, 0) is 0 Å². The van der Waals surface area contributed by atoms with E-state index in [1.54, 1.807) is 0 Å². The Labute approximate surface area is 119 Å². The van der Waals surface area contributed by atoms with Gasteiger partial charge in [-0.2, -0.15) is 0 Å². The molecule has 0 heterocycles. The van der Waals surface area contributed by atoms with E-state index < -0.39 is 0 Å². The predicted octanol–water partition coefficient (Wildman–Crippen LogP) is 3.91. The third-order valence-electron chi connectivity index (χ3n) is 2.65. The highest BCUT2D eigenvalue weighted by Gasteiger charge is 2.10. The number of hydrogen-bond donors (Lipinski definition) is 1. The lowest BCUT2D eigenvalue weighted by atomic mass is 10.1. The highest BCUT2D eigenvalue weighted by Crippen LogP contribution is 2.15. The van der Waals surface area contributed by atoms with Gasteiger partial charge in [0, 0.05) is 21.9 Å². The monoisotopic (exact) mass is 361 g/mol. The van der Waals surface area contributed by atoms with E-state index in [9.17, 15) is 4.79 Å². The first-order valence-corrected chi connectivity index (χ1v) is 7.56. The Morgan fingerprint density at radius 1 is 1.47 bits per heavy atom. The molecule has 0 bridgehead atoms. The molecule has 1 rings (SSSR count). The summed E-state index contributed by atoms with van der Waals surface area (Å²) in [6.07, 6.45) is 1.07. The minimum Gasteiger partial charge on any atom is -0.352 e. The van der Waals surface area contributed by atoms with Crippen LogP contribution in [-0.4, -0.2) is 17.8 Å². The maximum atomic E-state index is 11.9. The van der Waals surface area contributed by atoms with Crippen LogP contribution < -0.4 is 5.32 Å². The Morgan fingerprint density at radius 2 is 2.18 bits per heavy atom. The first-order valence-electron chi connectivity index (χ1n) is 5.65. The van der Waals surface area contributed by atoms with Crippen molar-refractivity contribution in [3.05, 3.63) is 33.8 Å². The van der Waals surface area contributed by atoms with Crippen LogP contribution in [0.4, 0.5) is 0 Å². The molecule has 0 radical (unpaired) electrons. The molecular weight excluding hydrogens is 346 g/mol. The van der Waals surface area contributed by atoms with Gasteiger partial charge in [0.15, 0.2) is 0 Å². The van der Waals surface area contributed by atoms with Gasteiger partial charge in [-0.15, -0.1) is 0 Å². The number of rotatable bonds is 5. The smallest absolute Gasteiger partial charge is 0.251 e. The van der Waals surface area contributed by atoms with E-state index in [0.717, 1.165) is 33.9 Å². The molecule has 1 N–H and O–H groups in total. The molecule has 1 aromatic rings. The lowest BCUT2D eigenvalue weighted by molar-refractivity contribution is 0.0947. The van der Waals surface area contributed by atoms with E-state index >= 15 is 0 Å². The second-order valence-electron chi connectivity index (χ2n) is 4.25. The largest absolute Gasteiger partial charge is 0.352 e. The van der Waals surface area contributed by atoms with Crippen LogP contribution >= 0.6 is 31.9 Å². The first-order chi connectivity index (χ1) is 8.04. The van der Waals surface area contributed by atoms with Crippen molar-refractivity contribution in [2.45, 2.75) is 20.3 Å². The highest BCUT2D eigenvalue weighted by atomic mass is 79.9. The van der Waals surface area contributed by atoms with Crippen molar-refractivity contribution >= 4 is 37.8 Å². The van der Waals surface area contributed by atoms with Gasteiger partial charge in [0.05, 0.1) is 0 Å². The molecular formula is C13H17Br2NO. The molecule has 0 saturated heterocycles. The summed E-state index contributed by atoms with van der Waals surface area (Å²) in [6, 6.07) is 5.70. The fraction of sp³-hybridized carbons (Fsp3) is 0.462. The maximum absolute atomic E-state index is 11.9. The fourth-order valence-electron chi connectivity index (χ4n) is 1.53. The lowest BCUT2D eigenvalue weighted by Gasteiger charge is -2.12. The van der Waals surface area contributed by atoms with E-state index in [2.05, 4.69) is 44.1 Å². The fourth-order valence-corrected chi connectivity index (χ4v) is 2.79. The number of nitrogens with one attached hydrogen (secondary N) is 1. The Balaban J connectivity index is 2.58. The Hall–Kier alpha value is -0.350. The van der Waals surface area contributed by atoms with Crippen LogP contribution in [0.5, 0.6) is 0 Å². The summed E-state index contributed by atoms with van der Waals surface area (Å²) < 4.78 is 0.999. The summed E-state index contributed by atoms with van der Waals surface area (Å²) in [5, 5.41) is 3.94. The number of aryl methyl sites for hydroxylation is 1. The molecule has 1 unspecified atom stereocenters. The van der Waals surface area contributed by atoms with Gasteiger partial charge in [-0.3, -0.25) is 4.79 Å². The van der Waals surface area contributed by atoms with Gasteiger partial charge in [0.25, 0.3) is 5.91 Å². The van der Waals surface area contributed by atoms with Crippen molar-refractivity contribution in [3.63, 3.8) is 0 Å². The standard InChI is InChI=1S/C13H17Br2NO/c1-9(5-6-14)8-16-13(17)12-4-3-11(15)7-10(12)2/h3-4,7,9H,5-6,8H2,1-2H3,(H,16,17). The molecule has 0 aliphatic heterocycles. The predicted molar refractivity (Wildman–Crippen MR) is 78.8 cm³/mol. The van der Waals surface area contributed by atoms with Gasteiger partial charge in [-0.05, 0) is 43.0 Å². The molecule has 0 spiro atoms. The second kappa shape index (κ2) is 7.17. The van der Waals surface area contributed by atoms with Crippen LogP contribution in [0.1, 0.15) is 29.3 Å². The zero-order chi connectivity index (χ0) is 12.8. The molecule has 2 nitrogen and oxygen atoms in total. The number of amides is 1. The number of hydrogen-bond acceptors (Lipinski definition) is 1. The minimum atomic E-state index is 0.0106. The molecule has 0 saturated carbocycles. The van der Waals surface area contributed by atoms with Crippen LogP contribution in [0, 0.1) is 12.8 Å². The molecule has 17 heavy (non-hydrogen) atoms. The van der Waals surface area contributed by atoms with Crippen LogP contribution in [0.3, 0.4) is 0 Å². The molecule has 4 heteroatoms. The Bertz CT molecular complexity index is 393. The van der Waals surface area contributed by atoms with Gasteiger partial charge < -0.3 is 5.32 Å². The third kappa shape index (κ3) is 4.80. The van der Waals surface area contributed by atoms with Crippen molar-refractivity contribution in [3.8, 4) is 0 Å². The molecule has 0 fully saturated rings. The number of alkyl halides is 1. The zero-order valence-electron chi connectivity index (χ0n) is 10.1. The topological polar surface area (TPSA) is 29.1 Å². The zero-order valence-corrected chi connectivity index (χ0v) is 13.3. The van der Waals surface area contributed by atoms with Crippen molar-refractivity contribution in [1.82, 2.24) is 5.32 Å². The minimum absolute atomic E-state index is 0.0106. The van der Waals surface area contributed by atoms with Gasteiger partial charge in [0.1, 0.15) is 0 Å². The van der Waals surface area contributed by atoms with E-state index in [0.29, 0.717) is 5.92 Å². The molecule has 94 valence electrons. The summed E-state index contributed by atoms with van der Waals surface area (Å²) in [4.78, 5) is 11.9. The average molecular weight is 363 g/mol. The van der Waals surface area contributed by atoms with Crippen molar-refractivity contribution in [2.75, 3.05) is 11.9 Å². The SMILES string of the molecule is Cc1cc(Br)ccc1C(=O)NCC(C)CCBr. The normalized spacial score (nSPS) is 12.2. The van der Waals surface area contributed by atoms with E-state index in [-0.39, 0.29) is 5.91 Å². The number of carbonyl (C=O) groups excluding carboxylic acids is 1. The summed E-state index contributed by atoms with van der Waals surface area (Å²) in [7, 11) is 0. The number of carbonyl (C=O) groups is 1. The van der Waals surface area contributed by atoms with Crippen molar-refractivity contribution in [2.24, 2.45) is 5.92 Å². The quantitative estimate of drug-likeness (QED) is 0.790.